The van der Waals surface area contributed by atoms with Crippen molar-refractivity contribution in [2.75, 3.05) is 19.0 Å². The minimum atomic E-state index is -0.491. The lowest BCUT2D eigenvalue weighted by molar-refractivity contribution is 0.273. The van der Waals surface area contributed by atoms with Gasteiger partial charge < -0.3 is 10.5 Å². The van der Waals surface area contributed by atoms with Crippen molar-refractivity contribution in [3.05, 3.63) is 36.4 Å². The molecule has 102 valence electrons. The van der Waals surface area contributed by atoms with Crippen LogP contribution >= 0.6 is 11.3 Å². The molecule has 2 aromatic heterocycles. The highest BCUT2D eigenvalue weighted by atomic mass is 32.1. The zero-order valence-electron chi connectivity index (χ0n) is 10.5. The van der Waals surface area contributed by atoms with Crippen LogP contribution in [0.3, 0.4) is 0 Å². The Kier molecular flexibility index (Phi) is 3.47. The number of aromatic nitrogens is 2. The van der Waals surface area contributed by atoms with E-state index in [2.05, 4.69) is 10.2 Å². The normalized spacial score (nSPS) is 10.8. The van der Waals surface area contributed by atoms with Gasteiger partial charge in [-0.25, -0.2) is 4.39 Å². The average molecular weight is 289 g/mol. The number of thiophene rings is 1. The smallest absolute Gasteiger partial charge is 0.146 e. The van der Waals surface area contributed by atoms with E-state index >= 15 is 0 Å². The van der Waals surface area contributed by atoms with Crippen molar-refractivity contribution in [2.45, 2.75) is 0 Å². The van der Waals surface area contributed by atoms with Crippen LogP contribution in [-0.2, 0) is 0 Å². The minimum Gasteiger partial charge on any atom is -0.491 e. The quantitative estimate of drug-likeness (QED) is 0.800. The van der Waals surface area contributed by atoms with Gasteiger partial charge in [0.05, 0.1) is 4.88 Å². The van der Waals surface area contributed by atoms with Crippen LogP contribution in [-0.4, -0.2) is 23.5 Å². The Morgan fingerprint density at radius 1 is 1.15 bits per heavy atom. The molecule has 4 nitrogen and oxygen atoms in total. The third-order valence-corrected chi connectivity index (χ3v) is 3.90. The fraction of sp³-hybridized carbons (Fsp3) is 0.143. The van der Waals surface area contributed by atoms with Gasteiger partial charge in [-0.15, -0.1) is 21.5 Å². The Morgan fingerprint density at radius 3 is 2.80 bits per heavy atom. The molecule has 0 fully saturated rings. The molecule has 0 radical (unpaired) electrons. The number of ether oxygens (including phenoxy) is 1. The number of rotatable bonds is 4. The summed E-state index contributed by atoms with van der Waals surface area (Å²) in [6, 6.07) is 11.3. The van der Waals surface area contributed by atoms with E-state index in [0.717, 1.165) is 20.7 Å². The Balaban J connectivity index is 1.95. The summed E-state index contributed by atoms with van der Waals surface area (Å²) >= 11 is 1.59. The van der Waals surface area contributed by atoms with Crippen LogP contribution in [0.1, 0.15) is 0 Å². The highest BCUT2D eigenvalue weighted by molar-refractivity contribution is 7.22. The predicted octanol–water partition coefficient (Wildman–Crippen LogP) is 3.29. The molecule has 3 rings (SSSR count). The van der Waals surface area contributed by atoms with Crippen molar-refractivity contribution in [3.63, 3.8) is 0 Å². The molecule has 2 heterocycles. The topological polar surface area (TPSA) is 61.0 Å². The van der Waals surface area contributed by atoms with Crippen LogP contribution in [0.25, 0.3) is 20.7 Å². The van der Waals surface area contributed by atoms with E-state index in [1.165, 1.54) is 0 Å². The fourth-order valence-corrected chi connectivity index (χ4v) is 2.91. The molecule has 0 saturated heterocycles. The van der Waals surface area contributed by atoms with Crippen LogP contribution in [0.15, 0.2) is 36.4 Å². The van der Waals surface area contributed by atoms with Gasteiger partial charge in [-0.1, -0.05) is 0 Å². The van der Waals surface area contributed by atoms with Crippen LogP contribution < -0.4 is 10.5 Å². The van der Waals surface area contributed by atoms with Crippen molar-refractivity contribution < 1.29 is 9.13 Å². The Bertz CT molecular complexity index is 727. The summed E-state index contributed by atoms with van der Waals surface area (Å²) in [6.07, 6.45) is 0. The predicted molar refractivity (Wildman–Crippen MR) is 78.7 cm³/mol. The lowest BCUT2D eigenvalue weighted by Crippen LogP contribution is -1.97. The number of alkyl halides is 1. The summed E-state index contributed by atoms with van der Waals surface area (Å²) in [5.74, 6) is 1.07. The molecular weight excluding hydrogens is 277 g/mol. The molecule has 3 aromatic rings. The largest absolute Gasteiger partial charge is 0.491 e. The van der Waals surface area contributed by atoms with Gasteiger partial charge in [-0.3, -0.25) is 0 Å². The number of nitrogens with two attached hydrogens (primary N) is 1. The SMILES string of the molecule is Nc1ccc(-c2cc3ccc(OCCF)cc3s2)nn1. The van der Waals surface area contributed by atoms with Crippen LogP contribution in [0, 0.1) is 0 Å². The first kappa shape index (κ1) is 12.8. The number of nitrogen functional groups attached to an aromatic ring is 1. The van der Waals surface area contributed by atoms with E-state index in [4.69, 9.17) is 10.5 Å². The fourth-order valence-electron chi connectivity index (χ4n) is 1.86. The van der Waals surface area contributed by atoms with Gasteiger partial charge in [0.1, 0.15) is 30.5 Å². The second-order valence-electron chi connectivity index (χ2n) is 4.19. The van der Waals surface area contributed by atoms with Gasteiger partial charge in [-0.05, 0) is 41.8 Å². The zero-order chi connectivity index (χ0) is 13.9. The third-order valence-electron chi connectivity index (χ3n) is 2.78. The number of benzene rings is 1. The summed E-state index contributed by atoms with van der Waals surface area (Å²) in [5.41, 5.74) is 6.31. The van der Waals surface area contributed by atoms with Gasteiger partial charge in [0, 0.05) is 4.70 Å². The standard InChI is InChI=1S/C14H12FN3OS/c15-5-6-19-10-2-1-9-7-13(20-12(9)8-10)11-3-4-14(16)18-17-11/h1-4,7-8H,5-6H2,(H2,16,18). The molecule has 0 saturated carbocycles. The number of nitrogens with zero attached hydrogens (tertiary/aromatic N) is 2. The first-order valence-electron chi connectivity index (χ1n) is 6.08. The first-order valence-corrected chi connectivity index (χ1v) is 6.90. The molecule has 0 amide bonds. The van der Waals surface area contributed by atoms with Crippen molar-refractivity contribution >= 4 is 27.2 Å². The number of halogens is 1. The molecule has 0 aliphatic heterocycles. The van der Waals surface area contributed by atoms with Crippen LogP contribution in [0.4, 0.5) is 10.2 Å². The van der Waals surface area contributed by atoms with E-state index in [-0.39, 0.29) is 6.61 Å². The molecule has 0 bridgehead atoms. The number of anilines is 1. The maximum absolute atomic E-state index is 12.1. The van der Waals surface area contributed by atoms with E-state index in [1.807, 2.05) is 30.3 Å². The van der Waals surface area contributed by atoms with E-state index in [1.54, 1.807) is 17.4 Å². The van der Waals surface area contributed by atoms with Crippen molar-refractivity contribution in [1.82, 2.24) is 10.2 Å². The van der Waals surface area contributed by atoms with Crippen molar-refractivity contribution in [2.24, 2.45) is 0 Å². The second kappa shape index (κ2) is 5.42. The molecule has 6 heteroatoms. The monoisotopic (exact) mass is 289 g/mol. The van der Waals surface area contributed by atoms with E-state index < -0.39 is 6.67 Å². The maximum Gasteiger partial charge on any atom is 0.146 e. The molecule has 0 atom stereocenters. The molecule has 0 unspecified atom stereocenters. The summed E-state index contributed by atoms with van der Waals surface area (Å²) in [6.45, 7) is -0.415. The molecule has 1 aromatic carbocycles. The Labute approximate surface area is 119 Å². The van der Waals surface area contributed by atoms with Gasteiger partial charge in [0.15, 0.2) is 0 Å². The maximum atomic E-state index is 12.1. The molecule has 0 aliphatic carbocycles. The number of fused-ring (bicyclic) bond motifs is 1. The lowest BCUT2D eigenvalue weighted by Gasteiger charge is -2.02. The molecule has 20 heavy (non-hydrogen) atoms. The van der Waals surface area contributed by atoms with Gasteiger partial charge >= 0.3 is 0 Å². The third kappa shape index (κ3) is 2.55. The summed E-state index contributed by atoms with van der Waals surface area (Å²) < 4.78 is 18.4. The average Bonchev–Trinajstić information content (AvgIpc) is 2.89. The molecular formula is C14H12FN3OS. The highest BCUT2D eigenvalue weighted by Crippen LogP contribution is 2.34. The summed E-state index contributed by atoms with van der Waals surface area (Å²) in [5, 5.41) is 9.02. The number of hydrogen-bond donors (Lipinski definition) is 1. The summed E-state index contributed by atoms with van der Waals surface area (Å²) in [7, 11) is 0. The zero-order valence-corrected chi connectivity index (χ0v) is 11.4. The van der Waals surface area contributed by atoms with Crippen molar-refractivity contribution in [3.8, 4) is 16.3 Å². The number of hydrogen-bond acceptors (Lipinski definition) is 5. The molecule has 0 aliphatic rings. The Hall–Kier alpha value is -2.21. The van der Waals surface area contributed by atoms with Gasteiger partial charge in [0.2, 0.25) is 0 Å². The van der Waals surface area contributed by atoms with Crippen LogP contribution in [0.2, 0.25) is 0 Å². The second-order valence-corrected chi connectivity index (χ2v) is 5.27. The van der Waals surface area contributed by atoms with E-state index in [0.29, 0.717) is 11.6 Å². The first-order chi connectivity index (χ1) is 9.76. The van der Waals surface area contributed by atoms with Gasteiger partial charge in [0.25, 0.3) is 0 Å². The highest BCUT2D eigenvalue weighted by Gasteiger charge is 2.07. The lowest BCUT2D eigenvalue weighted by atomic mass is 10.2. The summed E-state index contributed by atoms with van der Waals surface area (Å²) in [4.78, 5) is 1.01. The van der Waals surface area contributed by atoms with Crippen molar-refractivity contribution in [1.29, 1.82) is 0 Å². The van der Waals surface area contributed by atoms with Crippen LogP contribution in [0.5, 0.6) is 5.75 Å². The van der Waals surface area contributed by atoms with Gasteiger partial charge in [-0.2, -0.15) is 0 Å². The van der Waals surface area contributed by atoms with E-state index in [9.17, 15) is 4.39 Å². The molecule has 0 spiro atoms. The molecule has 2 N–H and O–H groups in total. The minimum absolute atomic E-state index is 0.0766. The Morgan fingerprint density at radius 2 is 2.05 bits per heavy atom.